The Labute approximate surface area is 198 Å². The Morgan fingerprint density at radius 2 is 1.74 bits per heavy atom. The van der Waals surface area contributed by atoms with Crippen molar-refractivity contribution < 1.29 is 28.2 Å². The van der Waals surface area contributed by atoms with Crippen LogP contribution in [0.3, 0.4) is 0 Å². The summed E-state index contributed by atoms with van der Waals surface area (Å²) < 4.78 is 29.7. The maximum absolute atomic E-state index is 13.7. The molecule has 1 aliphatic carbocycles. The molecule has 3 atom stereocenters. The molecular formula is C27H28FNO5. The molecule has 7 heteroatoms. The first kappa shape index (κ1) is 23.5. The Morgan fingerprint density at radius 1 is 1.06 bits per heavy atom. The smallest absolute Gasteiger partial charge is 0.315 e. The van der Waals surface area contributed by atoms with Crippen molar-refractivity contribution in [1.29, 1.82) is 0 Å². The van der Waals surface area contributed by atoms with Crippen molar-refractivity contribution in [2.45, 2.75) is 31.6 Å². The number of hydrogen-bond acceptors (Lipinski definition) is 6. The van der Waals surface area contributed by atoms with E-state index in [0.29, 0.717) is 34.8 Å². The molecule has 4 rings (SSSR count). The number of ether oxygens (including phenoxy) is 3. The van der Waals surface area contributed by atoms with Gasteiger partial charge in [-0.05, 0) is 54.7 Å². The lowest BCUT2D eigenvalue weighted by molar-refractivity contribution is -0.147. The van der Waals surface area contributed by atoms with Gasteiger partial charge in [0.1, 0.15) is 11.7 Å². The van der Waals surface area contributed by atoms with Crippen LogP contribution in [0.2, 0.25) is 0 Å². The van der Waals surface area contributed by atoms with E-state index in [1.165, 1.54) is 12.1 Å². The number of hydrogen-bond donors (Lipinski definition) is 1. The van der Waals surface area contributed by atoms with Gasteiger partial charge in [-0.2, -0.15) is 0 Å². The van der Waals surface area contributed by atoms with Crippen LogP contribution < -0.4 is 14.8 Å². The summed E-state index contributed by atoms with van der Waals surface area (Å²) in [6.07, 6.45) is 0.832. The van der Waals surface area contributed by atoms with Crippen molar-refractivity contribution in [2.24, 2.45) is 5.92 Å². The number of Topliss-reactive ketones (excluding diaryl/α,β-unsaturated/α-hetero) is 1. The van der Waals surface area contributed by atoms with Crippen LogP contribution in [0.15, 0.2) is 66.0 Å². The summed E-state index contributed by atoms with van der Waals surface area (Å²) in [5.41, 5.74) is 3.36. The van der Waals surface area contributed by atoms with Gasteiger partial charge in [-0.25, -0.2) is 4.39 Å². The summed E-state index contributed by atoms with van der Waals surface area (Å²) in [4.78, 5) is 26.5. The molecule has 2 aromatic rings. The van der Waals surface area contributed by atoms with Crippen molar-refractivity contribution in [2.75, 3.05) is 20.8 Å². The van der Waals surface area contributed by atoms with Gasteiger partial charge in [-0.15, -0.1) is 0 Å². The first-order valence-electron chi connectivity index (χ1n) is 11.2. The minimum Gasteiger partial charge on any atom is -0.493 e. The molecule has 0 saturated carbocycles. The fourth-order valence-corrected chi connectivity index (χ4v) is 4.93. The lowest BCUT2D eigenvalue weighted by atomic mass is 9.69. The molecule has 0 bridgehead atoms. The SMILES string of the molecule is C=C1NC2=C(C(=O)CC(c3ccc(OC)c(OC)c3)C2)C(c2ccc(F)cc2)C1C(=O)OCC. The highest BCUT2D eigenvalue weighted by molar-refractivity contribution is 6.01. The van der Waals surface area contributed by atoms with Gasteiger partial charge in [-0.3, -0.25) is 9.59 Å². The molecule has 178 valence electrons. The third kappa shape index (κ3) is 4.30. The van der Waals surface area contributed by atoms with Crippen LogP contribution in [0.1, 0.15) is 42.7 Å². The van der Waals surface area contributed by atoms with Gasteiger partial charge in [0, 0.05) is 29.3 Å². The maximum atomic E-state index is 13.7. The number of allylic oxidation sites excluding steroid dienone is 2. The van der Waals surface area contributed by atoms with Gasteiger partial charge in [0.05, 0.1) is 20.8 Å². The summed E-state index contributed by atoms with van der Waals surface area (Å²) in [6.45, 7) is 6.03. The Kier molecular flexibility index (Phi) is 6.72. The molecule has 0 aromatic heterocycles. The van der Waals surface area contributed by atoms with E-state index >= 15 is 0 Å². The van der Waals surface area contributed by atoms with Crippen molar-refractivity contribution in [3.63, 3.8) is 0 Å². The number of carbonyl (C=O) groups excluding carboxylic acids is 2. The van der Waals surface area contributed by atoms with Crippen LogP contribution >= 0.6 is 0 Å². The normalized spacial score (nSPS) is 22.1. The molecule has 2 aromatic carbocycles. The summed E-state index contributed by atoms with van der Waals surface area (Å²) in [5, 5.41) is 3.23. The van der Waals surface area contributed by atoms with E-state index in [2.05, 4.69) is 11.9 Å². The number of ketones is 1. The standard InChI is InChI=1S/C27H28FNO5/c1-5-34-27(31)24-15(2)29-20-12-18(17-8-11-22(32-3)23(14-17)33-4)13-21(30)26(20)25(24)16-6-9-19(28)10-7-16/h6-11,14,18,24-25,29H,2,5,12-13H2,1,3-4H3. The molecule has 0 radical (unpaired) electrons. The topological polar surface area (TPSA) is 73.9 Å². The van der Waals surface area contributed by atoms with Crippen LogP contribution in [-0.4, -0.2) is 32.6 Å². The Morgan fingerprint density at radius 3 is 2.38 bits per heavy atom. The number of nitrogens with one attached hydrogen (secondary N) is 1. The minimum atomic E-state index is -0.786. The van der Waals surface area contributed by atoms with Gasteiger partial charge in [0.2, 0.25) is 0 Å². The van der Waals surface area contributed by atoms with E-state index in [-0.39, 0.29) is 30.5 Å². The fraction of sp³-hybridized carbons (Fsp3) is 0.333. The largest absolute Gasteiger partial charge is 0.493 e. The van der Waals surface area contributed by atoms with Crippen molar-refractivity contribution in [1.82, 2.24) is 5.32 Å². The highest BCUT2D eigenvalue weighted by Gasteiger charge is 2.45. The molecule has 1 heterocycles. The molecule has 0 fully saturated rings. The fourth-order valence-electron chi connectivity index (χ4n) is 4.93. The molecule has 6 nitrogen and oxygen atoms in total. The second kappa shape index (κ2) is 9.71. The lowest BCUT2D eigenvalue weighted by Gasteiger charge is -2.40. The van der Waals surface area contributed by atoms with E-state index in [1.54, 1.807) is 33.3 Å². The summed E-state index contributed by atoms with van der Waals surface area (Å²) in [7, 11) is 3.15. The third-order valence-corrected chi connectivity index (χ3v) is 6.49. The van der Waals surface area contributed by atoms with Gasteiger partial charge >= 0.3 is 5.97 Å². The van der Waals surface area contributed by atoms with Gasteiger partial charge in [-0.1, -0.05) is 24.8 Å². The van der Waals surface area contributed by atoms with E-state index < -0.39 is 17.8 Å². The van der Waals surface area contributed by atoms with Gasteiger partial charge in [0.15, 0.2) is 17.3 Å². The van der Waals surface area contributed by atoms with E-state index in [9.17, 15) is 14.0 Å². The van der Waals surface area contributed by atoms with Crippen LogP contribution in [0.5, 0.6) is 11.5 Å². The van der Waals surface area contributed by atoms with Crippen LogP contribution in [-0.2, 0) is 14.3 Å². The van der Waals surface area contributed by atoms with Crippen LogP contribution in [0.25, 0.3) is 0 Å². The second-order valence-corrected chi connectivity index (χ2v) is 8.44. The van der Waals surface area contributed by atoms with Crippen molar-refractivity contribution in [3.05, 3.63) is 83.0 Å². The molecule has 0 saturated heterocycles. The Balaban J connectivity index is 1.76. The first-order valence-corrected chi connectivity index (χ1v) is 11.2. The summed E-state index contributed by atoms with van der Waals surface area (Å²) in [5.74, 6) is -1.17. The van der Waals surface area contributed by atoms with Crippen molar-refractivity contribution >= 4 is 11.8 Å². The van der Waals surface area contributed by atoms with Crippen molar-refractivity contribution in [3.8, 4) is 11.5 Å². The van der Waals surface area contributed by atoms with Crippen LogP contribution in [0.4, 0.5) is 4.39 Å². The third-order valence-electron chi connectivity index (χ3n) is 6.49. The maximum Gasteiger partial charge on any atom is 0.315 e. The lowest BCUT2D eigenvalue weighted by Crippen LogP contribution is -2.42. The average molecular weight is 466 g/mol. The molecule has 1 aliphatic heterocycles. The molecule has 1 N–H and O–H groups in total. The highest BCUT2D eigenvalue weighted by Crippen LogP contribution is 2.47. The number of rotatable bonds is 6. The molecule has 3 unspecified atom stereocenters. The number of halogens is 1. The predicted octanol–water partition coefficient (Wildman–Crippen LogP) is 4.62. The number of benzene rings is 2. The number of carbonyl (C=O) groups is 2. The summed E-state index contributed by atoms with van der Waals surface area (Å²) in [6, 6.07) is 11.5. The molecular weight excluding hydrogens is 437 g/mol. The Hall–Kier alpha value is -3.61. The zero-order chi connectivity index (χ0) is 24.4. The van der Waals surface area contributed by atoms with Crippen LogP contribution in [0, 0.1) is 11.7 Å². The quantitative estimate of drug-likeness (QED) is 0.628. The van der Waals surface area contributed by atoms with Gasteiger partial charge < -0.3 is 19.5 Å². The first-order chi connectivity index (χ1) is 16.4. The van der Waals surface area contributed by atoms with E-state index in [4.69, 9.17) is 14.2 Å². The molecule has 2 aliphatic rings. The van der Waals surface area contributed by atoms with E-state index in [0.717, 1.165) is 11.3 Å². The van der Waals surface area contributed by atoms with Gasteiger partial charge in [0.25, 0.3) is 0 Å². The monoisotopic (exact) mass is 465 g/mol. The van der Waals surface area contributed by atoms with E-state index in [1.807, 2.05) is 18.2 Å². The average Bonchev–Trinajstić information content (AvgIpc) is 2.83. The number of esters is 1. The highest BCUT2D eigenvalue weighted by atomic mass is 19.1. The predicted molar refractivity (Wildman–Crippen MR) is 125 cm³/mol. The zero-order valence-corrected chi connectivity index (χ0v) is 19.5. The summed E-state index contributed by atoms with van der Waals surface area (Å²) >= 11 is 0. The molecule has 34 heavy (non-hydrogen) atoms. The molecule has 0 spiro atoms. The Bertz CT molecular complexity index is 1150. The molecule has 0 amide bonds. The second-order valence-electron chi connectivity index (χ2n) is 8.44. The zero-order valence-electron chi connectivity index (χ0n) is 19.5. The number of methoxy groups -OCH3 is 2. The minimum absolute atomic E-state index is 0.0651.